The van der Waals surface area contributed by atoms with Crippen molar-refractivity contribution >= 4 is 5.91 Å². The van der Waals surface area contributed by atoms with E-state index in [2.05, 4.69) is 29.0 Å². The van der Waals surface area contributed by atoms with Crippen LogP contribution in [0.15, 0.2) is 12.4 Å². The van der Waals surface area contributed by atoms with Gasteiger partial charge < -0.3 is 14.8 Å². The Labute approximate surface area is 121 Å². The summed E-state index contributed by atoms with van der Waals surface area (Å²) in [6.07, 6.45) is 5.78. The summed E-state index contributed by atoms with van der Waals surface area (Å²) in [5, 5.41) is 3.25. The standard InChI is InChI=1S/C15H26N4O/c1-5-18(6-2)11-15(7-8-15)17-14(20)12(3)19-10-9-16-13(19)4/h9-10,12H,5-8,11H2,1-4H3,(H,17,20). The lowest BCUT2D eigenvalue weighted by Gasteiger charge is -2.27. The molecule has 2 rings (SSSR count). The van der Waals surface area contributed by atoms with Crippen LogP contribution in [0.2, 0.25) is 0 Å². The Morgan fingerprint density at radius 3 is 2.60 bits per heavy atom. The minimum absolute atomic E-state index is 0.00580. The van der Waals surface area contributed by atoms with Crippen LogP contribution in [0.25, 0.3) is 0 Å². The highest BCUT2D eigenvalue weighted by molar-refractivity contribution is 5.81. The number of hydrogen-bond acceptors (Lipinski definition) is 3. The van der Waals surface area contributed by atoms with E-state index in [1.807, 2.05) is 24.6 Å². The van der Waals surface area contributed by atoms with E-state index in [0.717, 1.165) is 38.3 Å². The molecule has 0 radical (unpaired) electrons. The predicted octanol–water partition coefficient (Wildman–Crippen LogP) is 1.74. The summed E-state index contributed by atoms with van der Waals surface area (Å²) in [6, 6.07) is -0.202. The maximum atomic E-state index is 12.4. The van der Waals surface area contributed by atoms with E-state index in [-0.39, 0.29) is 17.5 Å². The van der Waals surface area contributed by atoms with Crippen LogP contribution < -0.4 is 5.32 Å². The van der Waals surface area contributed by atoms with Crippen molar-refractivity contribution in [3.63, 3.8) is 0 Å². The summed E-state index contributed by atoms with van der Waals surface area (Å²) in [7, 11) is 0. The molecule has 1 atom stereocenters. The third kappa shape index (κ3) is 3.20. The van der Waals surface area contributed by atoms with Gasteiger partial charge >= 0.3 is 0 Å². The van der Waals surface area contributed by atoms with Crippen LogP contribution in [0.3, 0.4) is 0 Å². The molecule has 5 nitrogen and oxygen atoms in total. The van der Waals surface area contributed by atoms with Crippen LogP contribution in [0.4, 0.5) is 0 Å². The van der Waals surface area contributed by atoms with Crippen molar-refractivity contribution in [2.75, 3.05) is 19.6 Å². The third-order valence-electron chi connectivity index (χ3n) is 4.32. The molecule has 5 heteroatoms. The first-order valence-corrected chi connectivity index (χ1v) is 7.55. The molecular formula is C15H26N4O. The molecule has 112 valence electrons. The van der Waals surface area contributed by atoms with Crippen molar-refractivity contribution in [3.8, 4) is 0 Å². The van der Waals surface area contributed by atoms with Crippen molar-refractivity contribution in [1.29, 1.82) is 0 Å². The Bertz CT molecular complexity index is 460. The molecular weight excluding hydrogens is 252 g/mol. The maximum Gasteiger partial charge on any atom is 0.243 e. The first-order valence-electron chi connectivity index (χ1n) is 7.55. The maximum absolute atomic E-state index is 12.4. The second kappa shape index (κ2) is 5.95. The topological polar surface area (TPSA) is 50.2 Å². The Morgan fingerprint density at radius 1 is 1.50 bits per heavy atom. The van der Waals surface area contributed by atoms with Gasteiger partial charge in [0.1, 0.15) is 11.9 Å². The molecule has 1 aromatic rings. The van der Waals surface area contributed by atoms with Crippen LogP contribution in [-0.4, -0.2) is 45.5 Å². The minimum Gasteiger partial charge on any atom is -0.348 e. The number of carbonyl (C=O) groups is 1. The fourth-order valence-electron chi connectivity index (χ4n) is 2.64. The van der Waals surface area contributed by atoms with Crippen molar-refractivity contribution in [3.05, 3.63) is 18.2 Å². The molecule has 0 bridgehead atoms. The Kier molecular flexibility index (Phi) is 4.48. The van der Waals surface area contributed by atoms with Gasteiger partial charge in [0.2, 0.25) is 5.91 Å². The van der Waals surface area contributed by atoms with Crippen molar-refractivity contribution < 1.29 is 4.79 Å². The molecule has 1 heterocycles. The average Bonchev–Trinajstić information content (AvgIpc) is 3.06. The van der Waals surface area contributed by atoms with Crippen LogP contribution in [0.5, 0.6) is 0 Å². The summed E-state index contributed by atoms with van der Waals surface area (Å²) >= 11 is 0. The number of amides is 1. The number of aryl methyl sites for hydroxylation is 1. The van der Waals surface area contributed by atoms with E-state index in [9.17, 15) is 4.79 Å². The Balaban J connectivity index is 1.96. The van der Waals surface area contributed by atoms with Crippen LogP contribution in [-0.2, 0) is 4.79 Å². The van der Waals surface area contributed by atoms with Crippen LogP contribution in [0.1, 0.15) is 45.5 Å². The molecule has 1 saturated carbocycles. The SMILES string of the molecule is CCN(CC)CC1(NC(=O)C(C)n2ccnc2C)CC1. The zero-order chi connectivity index (χ0) is 14.8. The van der Waals surface area contributed by atoms with E-state index in [4.69, 9.17) is 0 Å². The molecule has 1 amide bonds. The largest absolute Gasteiger partial charge is 0.348 e. The second-order valence-corrected chi connectivity index (χ2v) is 5.79. The molecule has 1 unspecified atom stereocenters. The van der Waals surface area contributed by atoms with Gasteiger partial charge in [-0.3, -0.25) is 4.79 Å². The normalized spacial score (nSPS) is 18.1. The van der Waals surface area contributed by atoms with Gasteiger partial charge in [0.15, 0.2) is 0 Å². The van der Waals surface area contributed by atoms with Gasteiger partial charge in [0, 0.05) is 18.9 Å². The molecule has 1 fully saturated rings. The monoisotopic (exact) mass is 278 g/mol. The number of aromatic nitrogens is 2. The number of carbonyl (C=O) groups excluding carboxylic acids is 1. The van der Waals surface area contributed by atoms with Crippen molar-refractivity contribution in [2.24, 2.45) is 0 Å². The van der Waals surface area contributed by atoms with E-state index < -0.39 is 0 Å². The summed E-state index contributed by atoms with van der Waals surface area (Å²) in [4.78, 5) is 19.0. The molecule has 20 heavy (non-hydrogen) atoms. The van der Waals surface area contributed by atoms with Gasteiger partial charge in [0.05, 0.1) is 5.54 Å². The lowest BCUT2D eigenvalue weighted by molar-refractivity contribution is -0.125. The molecule has 1 aliphatic rings. The Hall–Kier alpha value is -1.36. The van der Waals surface area contributed by atoms with Gasteiger partial charge in [-0.15, -0.1) is 0 Å². The first kappa shape index (κ1) is 15.0. The molecule has 0 spiro atoms. The fourth-order valence-corrected chi connectivity index (χ4v) is 2.64. The minimum atomic E-state index is -0.202. The Morgan fingerprint density at radius 2 is 2.15 bits per heavy atom. The quantitative estimate of drug-likeness (QED) is 0.826. The number of likely N-dealkylation sites (N-methyl/N-ethyl adjacent to an activating group) is 1. The zero-order valence-electron chi connectivity index (χ0n) is 13.0. The smallest absolute Gasteiger partial charge is 0.243 e. The molecule has 0 aliphatic heterocycles. The number of imidazole rings is 1. The van der Waals surface area contributed by atoms with E-state index in [0.29, 0.717) is 0 Å². The van der Waals surface area contributed by atoms with Crippen LogP contribution >= 0.6 is 0 Å². The molecule has 1 aliphatic carbocycles. The van der Waals surface area contributed by atoms with Crippen molar-refractivity contribution in [2.45, 2.75) is 52.1 Å². The number of nitrogens with one attached hydrogen (secondary N) is 1. The van der Waals surface area contributed by atoms with Gasteiger partial charge in [-0.05, 0) is 39.8 Å². The highest BCUT2D eigenvalue weighted by Crippen LogP contribution is 2.36. The summed E-state index contributed by atoms with van der Waals surface area (Å²) < 4.78 is 1.92. The molecule has 1 N–H and O–H groups in total. The molecule has 0 aromatic carbocycles. The lowest BCUT2D eigenvalue weighted by Crippen LogP contribution is -2.47. The molecule has 0 saturated heterocycles. The summed E-state index contributed by atoms with van der Waals surface area (Å²) in [5.41, 5.74) is 0.00580. The van der Waals surface area contributed by atoms with Gasteiger partial charge in [0.25, 0.3) is 0 Å². The van der Waals surface area contributed by atoms with Gasteiger partial charge in [-0.2, -0.15) is 0 Å². The lowest BCUT2D eigenvalue weighted by atomic mass is 10.2. The van der Waals surface area contributed by atoms with E-state index in [1.54, 1.807) is 6.20 Å². The summed E-state index contributed by atoms with van der Waals surface area (Å²) in [5.74, 6) is 0.969. The molecule has 1 aromatic heterocycles. The van der Waals surface area contributed by atoms with Crippen LogP contribution in [0, 0.1) is 6.92 Å². The highest BCUT2D eigenvalue weighted by atomic mass is 16.2. The van der Waals surface area contributed by atoms with Gasteiger partial charge in [-0.25, -0.2) is 4.98 Å². The van der Waals surface area contributed by atoms with E-state index in [1.165, 1.54) is 0 Å². The predicted molar refractivity (Wildman–Crippen MR) is 79.6 cm³/mol. The number of nitrogens with zero attached hydrogens (tertiary/aromatic N) is 3. The van der Waals surface area contributed by atoms with Gasteiger partial charge in [-0.1, -0.05) is 13.8 Å². The first-order chi connectivity index (χ1) is 9.51. The summed E-state index contributed by atoms with van der Waals surface area (Å²) in [6.45, 7) is 11.2. The van der Waals surface area contributed by atoms with Crippen molar-refractivity contribution in [1.82, 2.24) is 19.8 Å². The number of rotatable bonds is 7. The number of hydrogen-bond donors (Lipinski definition) is 1. The average molecular weight is 278 g/mol. The second-order valence-electron chi connectivity index (χ2n) is 5.79. The highest BCUT2D eigenvalue weighted by Gasteiger charge is 2.45. The van der Waals surface area contributed by atoms with E-state index >= 15 is 0 Å². The third-order valence-corrected chi connectivity index (χ3v) is 4.32. The zero-order valence-corrected chi connectivity index (χ0v) is 13.0. The fraction of sp³-hybridized carbons (Fsp3) is 0.733.